The maximum absolute atomic E-state index is 11.5. The van der Waals surface area contributed by atoms with E-state index in [4.69, 9.17) is 0 Å². The summed E-state index contributed by atoms with van der Waals surface area (Å²) in [4.78, 5) is 11.5. The molecule has 0 aliphatic rings. The molecule has 2 nitrogen and oxygen atoms in total. The van der Waals surface area contributed by atoms with Crippen molar-refractivity contribution in [2.75, 3.05) is 22.2 Å². The minimum atomic E-state index is 0.0650. The fourth-order valence-corrected chi connectivity index (χ4v) is 2.44. The van der Waals surface area contributed by atoms with Crippen LogP contribution in [0, 0.1) is 0 Å². The van der Waals surface area contributed by atoms with Gasteiger partial charge in [0.2, 0.25) is 5.91 Å². The molecule has 1 rings (SSSR count). The molecule has 1 aromatic rings. The van der Waals surface area contributed by atoms with Crippen LogP contribution in [0.25, 0.3) is 0 Å². The van der Waals surface area contributed by atoms with Crippen LogP contribution in [0.15, 0.2) is 24.3 Å². The lowest BCUT2D eigenvalue weighted by molar-refractivity contribution is -0.113. The molecule has 0 bridgehead atoms. The Morgan fingerprint density at radius 3 is 2.62 bits per heavy atom. The average Bonchev–Trinajstić information content (AvgIpc) is 2.30. The smallest absolute Gasteiger partial charge is 0.234 e. The Kier molecular flexibility index (Phi) is 6.57. The molecule has 1 amide bonds. The number of carbonyl (C=O) groups is 1. The SMILES string of the molecule is CCc1ccc(NC(=O)CSCCBr)cc1. The zero-order chi connectivity index (χ0) is 11.8. The molecule has 1 aromatic carbocycles. The average molecular weight is 302 g/mol. The van der Waals surface area contributed by atoms with E-state index in [0.29, 0.717) is 5.75 Å². The highest BCUT2D eigenvalue weighted by Crippen LogP contribution is 2.11. The molecule has 0 aliphatic carbocycles. The van der Waals surface area contributed by atoms with E-state index in [9.17, 15) is 4.79 Å². The first-order valence-corrected chi connectivity index (χ1v) is 7.56. The van der Waals surface area contributed by atoms with Gasteiger partial charge < -0.3 is 5.32 Å². The summed E-state index contributed by atoms with van der Waals surface area (Å²) in [6, 6.07) is 7.99. The lowest BCUT2D eigenvalue weighted by Gasteiger charge is -2.05. The summed E-state index contributed by atoms with van der Waals surface area (Å²) < 4.78 is 0. The zero-order valence-corrected chi connectivity index (χ0v) is 11.7. The molecule has 0 fully saturated rings. The number of alkyl halides is 1. The van der Waals surface area contributed by atoms with Crippen LogP contribution in [0.2, 0.25) is 0 Å². The Balaban J connectivity index is 2.37. The summed E-state index contributed by atoms with van der Waals surface area (Å²) >= 11 is 4.96. The Morgan fingerprint density at radius 1 is 1.38 bits per heavy atom. The number of amides is 1. The van der Waals surface area contributed by atoms with Gasteiger partial charge in [-0.15, -0.1) is 0 Å². The lowest BCUT2D eigenvalue weighted by atomic mass is 10.1. The Morgan fingerprint density at radius 2 is 2.06 bits per heavy atom. The maximum atomic E-state index is 11.5. The number of aryl methyl sites for hydroxylation is 1. The fourth-order valence-electron chi connectivity index (χ4n) is 1.24. The summed E-state index contributed by atoms with van der Waals surface area (Å²) in [6.45, 7) is 2.12. The first-order valence-electron chi connectivity index (χ1n) is 5.28. The largest absolute Gasteiger partial charge is 0.325 e. The van der Waals surface area contributed by atoms with E-state index in [2.05, 4.69) is 28.2 Å². The molecule has 4 heteroatoms. The van der Waals surface area contributed by atoms with Crippen LogP contribution < -0.4 is 5.32 Å². The molecule has 88 valence electrons. The highest BCUT2D eigenvalue weighted by atomic mass is 79.9. The van der Waals surface area contributed by atoms with Gasteiger partial charge in [0.1, 0.15) is 0 Å². The Labute approximate surface area is 109 Å². The van der Waals surface area contributed by atoms with Gasteiger partial charge in [-0.2, -0.15) is 11.8 Å². The van der Waals surface area contributed by atoms with Gasteiger partial charge in [0.25, 0.3) is 0 Å². The van der Waals surface area contributed by atoms with Crippen LogP contribution in [-0.4, -0.2) is 22.7 Å². The van der Waals surface area contributed by atoms with Crippen molar-refractivity contribution in [3.05, 3.63) is 29.8 Å². The number of nitrogens with one attached hydrogen (secondary N) is 1. The number of carbonyl (C=O) groups excluding carboxylic acids is 1. The van der Waals surface area contributed by atoms with E-state index in [1.165, 1.54) is 5.56 Å². The topological polar surface area (TPSA) is 29.1 Å². The third kappa shape index (κ3) is 5.03. The third-order valence-electron chi connectivity index (χ3n) is 2.10. The molecule has 0 saturated carbocycles. The summed E-state index contributed by atoms with van der Waals surface area (Å²) in [5, 5.41) is 3.80. The van der Waals surface area contributed by atoms with E-state index >= 15 is 0 Å². The van der Waals surface area contributed by atoms with Crippen molar-refractivity contribution in [2.45, 2.75) is 13.3 Å². The first kappa shape index (κ1) is 13.6. The van der Waals surface area contributed by atoms with Crippen molar-refractivity contribution in [2.24, 2.45) is 0 Å². The predicted octanol–water partition coefficient (Wildman–Crippen LogP) is 3.32. The molecule has 1 N–H and O–H groups in total. The fraction of sp³-hybridized carbons (Fsp3) is 0.417. The second-order valence-electron chi connectivity index (χ2n) is 3.34. The third-order valence-corrected chi connectivity index (χ3v) is 3.98. The van der Waals surface area contributed by atoms with Crippen LogP contribution >= 0.6 is 27.7 Å². The molecule has 0 heterocycles. The minimum absolute atomic E-state index is 0.0650. The monoisotopic (exact) mass is 301 g/mol. The van der Waals surface area contributed by atoms with Gasteiger partial charge in [-0.25, -0.2) is 0 Å². The summed E-state index contributed by atoms with van der Waals surface area (Å²) in [6.07, 6.45) is 1.02. The molecule has 0 radical (unpaired) electrons. The molecule has 0 atom stereocenters. The Bertz CT molecular complexity index is 326. The van der Waals surface area contributed by atoms with Crippen LogP contribution in [0.3, 0.4) is 0 Å². The minimum Gasteiger partial charge on any atom is -0.325 e. The highest BCUT2D eigenvalue weighted by Gasteiger charge is 2.01. The summed E-state index contributed by atoms with van der Waals surface area (Å²) in [5.41, 5.74) is 2.16. The Hall–Kier alpha value is -0.480. The highest BCUT2D eigenvalue weighted by molar-refractivity contribution is 9.09. The van der Waals surface area contributed by atoms with Crippen LogP contribution in [0.1, 0.15) is 12.5 Å². The number of benzene rings is 1. The molecule has 0 saturated heterocycles. The van der Waals surface area contributed by atoms with E-state index in [-0.39, 0.29) is 5.91 Å². The van der Waals surface area contributed by atoms with Gasteiger partial charge in [0, 0.05) is 16.8 Å². The normalized spacial score (nSPS) is 10.1. The van der Waals surface area contributed by atoms with Crippen molar-refractivity contribution in [3.8, 4) is 0 Å². The summed E-state index contributed by atoms with van der Waals surface area (Å²) in [7, 11) is 0. The number of thioether (sulfide) groups is 1. The number of hydrogen-bond acceptors (Lipinski definition) is 2. The van der Waals surface area contributed by atoms with Crippen molar-refractivity contribution in [1.82, 2.24) is 0 Å². The van der Waals surface area contributed by atoms with Crippen LogP contribution in [-0.2, 0) is 11.2 Å². The number of halogens is 1. The standard InChI is InChI=1S/C12H16BrNOS/c1-2-10-3-5-11(6-4-10)14-12(15)9-16-8-7-13/h3-6H,2,7-9H2,1H3,(H,14,15). The predicted molar refractivity (Wildman–Crippen MR) is 75.6 cm³/mol. The number of anilines is 1. The maximum Gasteiger partial charge on any atom is 0.234 e. The van der Waals surface area contributed by atoms with E-state index < -0.39 is 0 Å². The van der Waals surface area contributed by atoms with Crippen molar-refractivity contribution in [1.29, 1.82) is 0 Å². The van der Waals surface area contributed by atoms with Crippen LogP contribution in [0.5, 0.6) is 0 Å². The second-order valence-corrected chi connectivity index (χ2v) is 5.24. The summed E-state index contributed by atoms with van der Waals surface area (Å²) in [5.74, 6) is 1.54. The molecular weight excluding hydrogens is 286 g/mol. The molecule has 16 heavy (non-hydrogen) atoms. The van der Waals surface area contributed by atoms with Gasteiger partial charge in [0.15, 0.2) is 0 Å². The van der Waals surface area contributed by atoms with Gasteiger partial charge in [0.05, 0.1) is 5.75 Å². The van der Waals surface area contributed by atoms with E-state index in [0.717, 1.165) is 23.2 Å². The number of rotatable bonds is 6. The van der Waals surface area contributed by atoms with Gasteiger partial charge >= 0.3 is 0 Å². The molecule has 0 spiro atoms. The van der Waals surface area contributed by atoms with Crippen LogP contribution in [0.4, 0.5) is 5.69 Å². The van der Waals surface area contributed by atoms with Crippen molar-refractivity contribution >= 4 is 39.3 Å². The zero-order valence-electron chi connectivity index (χ0n) is 9.33. The van der Waals surface area contributed by atoms with Crippen molar-refractivity contribution in [3.63, 3.8) is 0 Å². The van der Waals surface area contributed by atoms with E-state index in [1.54, 1.807) is 11.8 Å². The molecular formula is C12H16BrNOS. The second kappa shape index (κ2) is 7.74. The lowest BCUT2D eigenvalue weighted by Crippen LogP contribution is -2.14. The van der Waals surface area contributed by atoms with Gasteiger partial charge in [-0.1, -0.05) is 35.0 Å². The molecule has 0 aromatic heterocycles. The van der Waals surface area contributed by atoms with E-state index in [1.807, 2.05) is 24.3 Å². The van der Waals surface area contributed by atoms with Gasteiger partial charge in [-0.05, 0) is 24.1 Å². The molecule has 0 unspecified atom stereocenters. The van der Waals surface area contributed by atoms with Crippen molar-refractivity contribution < 1.29 is 4.79 Å². The number of hydrogen-bond donors (Lipinski definition) is 1. The quantitative estimate of drug-likeness (QED) is 0.645. The first-order chi connectivity index (χ1) is 7.76. The molecule has 0 aliphatic heterocycles. The van der Waals surface area contributed by atoms with Gasteiger partial charge in [-0.3, -0.25) is 4.79 Å².